The third kappa shape index (κ3) is 2.47. The average molecular weight is 212 g/mol. The van der Waals surface area contributed by atoms with Crippen LogP contribution in [0, 0.1) is 0 Å². The van der Waals surface area contributed by atoms with Crippen LogP contribution in [0.5, 0.6) is 0 Å². The van der Waals surface area contributed by atoms with Gasteiger partial charge in [0, 0.05) is 13.2 Å². The van der Waals surface area contributed by atoms with E-state index in [0.717, 1.165) is 25.7 Å². The summed E-state index contributed by atoms with van der Waals surface area (Å²) >= 11 is 0. The Morgan fingerprint density at radius 1 is 1.73 bits per heavy atom. The Hall–Kier alpha value is -1.56. The predicted octanol–water partition coefficient (Wildman–Crippen LogP) is 0.964. The maximum Gasteiger partial charge on any atom is 0.357 e. The highest BCUT2D eigenvalue weighted by atomic mass is 16.5. The first kappa shape index (κ1) is 9.97. The number of aromatic nitrogens is 1. The number of anilines is 1. The van der Waals surface area contributed by atoms with E-state index in [-0.39, 0.29) is 17.8 Å². The van der Waals surface area contributed by atoms with Crippen molar-refractivity contribution in [3.05, 3.63) is 12.0 Å². The lowest BCUT2D eigenvalue weighted by Crippen LogP contribution is -2.18. The quantitative estimate of drug-likeness (QED) is 0.773. The van der Waals surface area contributed by atoms with E-state index >= 15 is 0 Å². The molecule has 1 saturated heterocycles. The summed E-state index contributed by atoms with van der Waals surface area (Å²) in [5, 5.41) is 11.5. The molecule has 82 valence electrons. The van der Waals surface area contributed by atoms with E-state index in [1.165, 1.54) is 0 Å². The Morgan fingerprint density at radius 3 is 3.20 bits per heavy atom. The van der Waals surface area contributed by atoms with Crippen LogP contribution in [0.15, 0.2) is 10.7 Å². The molecular formula is C9H12N2O4. The summed E-state index contributed by atoms with van der Waals surface area (Å²) in [7, 11) is 0. The van der Waals surface area contributed by atoms with Crippen molar-refractivity contribution in [3.63, 3.8) is 0 Å². The van der Waals surface area contributed by atoms with E-state index in [2.05, 4.69) is 10.3 Å². The van der Waals surface area contributed by atoms with Gasteiger partial charge in [-0.05, 0) is 12.8 Å². The van der Waals surface area contributed by atoms with E-state index in [0.29, 0.717) is 6.54 Å². The molecule has 1 aliphatic rings. The fraction of sp³-hybridized carbons (Fsp3) is 0.556. The standard InChI is InChI=1S/C9H12N2O4/c12-8(13)7-5-15-9(11-7)10-4-6-2-1-3-14-6/h5-6H,1-4H2,(H,10,11)(H,12,13). The molecule has 0 radical (unpaired) electrons. The van der Waals surface area contributed by atoms with Crippen LogP contribution >= 0.6 is 0 Å². The summed E-state index contributed by atoms with van der Waals surface area (Å²) in [4.78, 5) is 14.2. The van der Waals surface area contributed by atoms with Gasteiger partial charge < -0.3 is 19.6 Å². The summed E-state index contributed by atoms with van der Waals surface area (Å²) < 4.78 is 10.3. The Kier molecular flexibility index (Phi) is 2.86. The molecule has 15 heavy (non-hydrogen) atoms. The SMILES string of the molecule is O=C(O)c1coc(NCC2CCCO2)n1. The molecule has 0 bridgehead atoms. The van der Waals surface area contributed by atoms with Gasteiger partial charge in [-0.25, -0.2) is 4.79 Å². The molecule has 2 rings (SSSR count). The number of ether oxygens (including phenoxy) is 1. The lowest BCUT2D eigenvalue weighted by atomic mass is 10.2. The van der Waals surface area contributed by atoms with Gasteiger partial charge in [0.1, 0.15) is 6.26 Å². The lowest BCUT2D eigenvalue weighted by Gasteiger charge is -2.08. The number of nitrogens with one attached hydrogen (secondary N) is 1. The number of oxazole rings is 1. The van der Waals surface area contributed by atoms with Crippen molar-refractivity contribution < 1.29 is 19.1 Å². The maximum atomic E-state index is 10.5. The van der Waals surface area contributed by atoms with Crippen molar-refractivity contribution >= 4 is 12.0 Å². The van der Waals surface area contributed by atoms with Crippen molar-refractivity contribution in [2.45, 2.75) is 18.9 Å². The number of aromatic carboxylic acids is 1. The van der Waals surface area contributed by atoms with Crippen molar-refractivity contribution in [2.24, 2.45) is 0 Å². The van der Waals surface area contributed by atoms with E-state index in [1.807, 2.05) is 0 Å². The lowest BCUT2D eigenvalue weighted by molar-refractivity contribution is 0.0690. The monoisotopic (exact) mass is 212 g/mol. The molecule has 2 heterocycles. The molecule has 2 N–H and O–H groups in total. The van der Waals surface area contributed by atoms with Gasteiger partial charge in [0.2, 0.25) is 0 Å². The Labute approximate surface area is 86.2 Å². The summed E-state index contributed by atoms with van der Waals surface area (Å²) in [5.41, 5.74) is -0.0927. The fourth-order valence-electron chi connectivity index (χ4n) is 1.46. The molecule has 1 atom stereocenters. The average Bonchev–Trinajstić information content (AvgIpc) is 2.86. The molecule has 6 heteroatoms. The Morgan fingerprint density at radius 2 is 2.60 bits per heavy atom. The second-order valence-corrected chi connectivity index (χ2v) is 3.36. The summed E-state index contributed by atoms with van der Waals surface area (Å²) in [5.74, 6) is -1.09. The third-order valence-electron chi connectivity index (χ3n) is 2.23. The van der Waals surface area contributed by atoms with E-state index < -0.39 is 5.97 Å². The highest BCUT2D eigenvalue weighted by molar-refractivity contribution is 5.85. The smallest absolute Gasteiger partial charge is 0.357 e. The van der Waals surface area contributed by atoms with Crippen molar-refractivity contribution in [2.75, 3.05) is 18.5 Å². The Bertz CT molecular complexity index is 344. The highest BCUT2D eigenvalue weighted by Gasteiger charge is 2.16. The van der Waals surface area contributed by atoms with E-state index in [1.54, 1.807) is 0 Å². The van der Waals surface area contributed by atoms with Crippen LogP contribution in [0.25, 0.3) is 0 Å². The first-order valence-corrected chi connectivity index (χ1v) is 4.80. The Balaban J connectivity index is 1.84. The van der Waals surface area contributed by atoms with Crippen LogP contribution in [0.3, 0.4) is 0 Å². The van der Waals surface area contributed by atoms with Crippen molar-refractivity contribution in [3.8, 4) is 0 Å². The number of rotatable bonds is 4. The number of carboxylic acid groups (broad SMARTS) is 1. The minimum Gasteiger partial charge on any atom is -0.476 e. The summed E-state index contributed by atoms with van der Waals surface area (Å²) in [6, 6.07) is 0.225. The minimum atomic E-state index is -1.09. The predicted molar refractivity (Wildman–Crippen MR) is 50.9 cm³/mol. The normalized spacial score (nSPS) is 20.4. The zero-order chi connectivity index (χ0) is 10.7. The van der Waals surface area contributed by atoms with Gasteiger partial charge in [-0.3, -0.25) is 0 Å². The van der Waals surface area contributed by atoms with Crippen LogP contribution in [-0.2, 0) is 4.74 Å². The van der Waals surface area contributed by atoms with Gasteiger partial charge in [0.05, 0.1) is 6.10 Å². The number of carbonyl (C=O) groups is 1. The first-order chi connectivity index (χ1) is 7.25. The van der Waals surface area contributed by atoms with Crippen LogP contribution in [0.2, 0.25) is 0 Å². The number of nitrogens with zero attached hydrogens (tertiary/aromatic N) is 1. The second kappa shape index (κ2) is 4.31. The van der Waals surface area contributed by atoms with Gasteiger partial charge in [-0.1, -0.05) is 0 Å². The third-order valence-corrected chi connectivity index (χ3v) is 2.23. The zero-order valence-electron chi connectivity index (χ0n) is 8.10. The molecule has 6 nitrogen and oxygen atoms in total. The van der Waals surface area contributed by atoms with E-state index in [9.17, 15) is 4.79 Å². The molecule has 1 aliphatic heterocycles. The van der Waals surface area contributed by atoms with Crippen molar-refractivity contribution in [1.29, 1.82) is 0 Å². The number of carboxylic acids is 1. The van der Waals surface area contributed by atoms with Crippen LogP contribution in [0.4, 0.5) is 6.01 Å². The molecule has 1 fully saturated rings. The number of hydrogen-bond donors (Lipinski definition) is 2. The van der Waals surface area contributed by atoms with Gasteiger partial charge in [-0.2, -0.15) is 4.98 Å². The molecular weight excluding hydrogens is 200 g/mol. The minimum absolute atomic E-state index is 0.0927. The fourth-order valence-corrected chi connectivity index (χ4v) is 1.46. The first-order valence-electron chi connectivity index (χ1n) is 4.80. The van der Waals surface area contributed by atoms with Crippen LogP contribution < -0.4 is 5.32 Å². The molecule has 0 aliphatic carbocycles. The van der Waals surface area contributed by atoms with Gasteiger partial charge in [0.25, 0.3) is 6.01 Å². The zero-order valence-corrected chi connectivity index (χ0v) is 8.10. The van der Waals surface area contributed by atoms with Crippen LogP contribution in [0.1, 0.15) is 23.3 Å². The molecule has 0 spiro atoms. The topological polar surface area (TPSA) is 84.6 Å². The molecule has 0 saturated carbocycles. The molecule has 1 aromatic heterocycles. The van der Waals surface area contributed by atoms with Gasteiger partial charge in [-0.15, -0.1) is 0 Å². The maximum absolute atomic E-state index is 10.5. The number of hydrogen-bond acceptors (Lipinski definition) is 5. The molecule has 1 unspecified atom stereocenters. The molecule has 0 amide bonds. The highest BCUT2D eigenvalue weighted by Crippen LogP contribution is 2.13. The largest absolute Gasteiger partial charge is 0.476 e. The summed E-state index contributed by atoms with van der Waals surface area (Å²) in [6.45, 7) is 1.39. The molecule has 1 aromatic rings. The van der Waals surface area contributed by atoms with Gasteiger partial charge >= 0.3 is 5.97 Å². The second-order valence-electron chi connectivity index (χ2n) is 3.36. The van der Waals surface area contributed by atoms with E-state index in [4.69, 9.17) is 14.3 Å². The van der Waals surface area contributed by atoms with Crippen molar-refractivity contribution in [1.82, 2.24) is 4.98 Å². The summed E-state index contributed by atoms with van der Waals surface area (Å²) in [6.07, 6.45) is 3.36. The van der Waals surface area contributed by atoms with Crippen LogP contribution in [-0.4, -0.2) is 35.3 Å². The van der Waals surface area contributed by atoms with Gasteiger partial charge in [0.15, 0.2) is 5.69 Å². The molecule has 0 aromatic carbocycles.